The number of rotatable bonds is 6. The first-order valence-corrected chi connectivity index (χ1v) is 5.42. The van der Waals surface area contributed by atoms with Gasteiger partial charge in [-0.2, -0.15) is 4.98 Å². The molecule has 0 bridgehead atoms. The highest BCUT2D eigenvalue weighted by Gasteiger charge is 2.12. The van der Waals surface area contributed by atoms with Gasteiger partial charge in [0, 0.05) is 26.1 Å². The average molecular weight is 212 g/mol. The highest BCUT2D eigenvalue weighted by Crippen LogP contribution is 2.09. The highest BCUT2D eigenvalue weighted by atomic mass is 16.5. The zero-order chi connectivity index (χ0) is 11.3. The zero-order valence-corrected chi connectivity index (χ0v) is 9.95. The maximum absolute atomic E-state index is 5.18. The molecule has 0 aromatic carbocycles. The molecule has 1 atom stereocenters. The van der Waals surface area contributed by atoms with E-state index >= 15 is 0 Å². The Balaban J connectivity index is 2.59. The van der Waals surface area contributed by atoms with E-state index in [9.17, 15) is 0 Å². The topological polar surface area (TPSA) is 54.2 Å². The van der Waals surface area contributed by atoms with Gasteiger partial charge in [0.15, 0.2) is 0 Å². The Morgan fingerprint density at radius 1 is 1.47 bits per heavy atom. The van der Waals surface area contributed by atoms with Gasteiger partial charge in [0.2, 0.25) is 5.89 Å². The fourth-order valence-electron chi connectivity index (χ4n) is 1.29. The lowest BCUT2D eigenvalue weighted by Crippen LogP contribution is -2.26. The van der Waals surface area contributed by atoms with Crippen LogP contribution in [0.2, 0.25) is 0 Å². The Kier molecular flexibility index (Phi) is 4.55. The average Bonchev–Trinajstić information content (AvgIpc) is 2.73. The van der Waals surface area contributed by atoms with Crippen LogP contribution in [0.3, 0.4) is 0 Å². The molecule has 0 aliphatic carbocycles. The Bertz CT molecular complexity index is 283. The summed E-state index contributed by atoms with van der Waals surface area (Å²) in [6, 6.07) is 0.408. The fraction of sp³-hybridized carbons (Fsp3) is 0.800. The molecule has 0 amide bonds. The minimum absolute atomic E-state index is 0.408. The molecular formula is C10H20N4O. The molecule has 86 valence electrons. The van der Waals surface area contributed by atoms with Crippen LogP contribution in [-0.4, -0.2) is 36.8 Å². The van der Waals surface area contributed by atoms with Crippen LogP contribution in [0.25, 0.3) is 0 Å². The molecule has 1 heterocycles. The number of aromatic nitrogens is 2. The van der Waals surface area contributed by atoms with Gasteiger partial charge in [0.1, 0.15) is 0 Å². The van der Waals surface area contributed by atoms with Crippen LogP contribution in [0.4, 0.5) is 5.95 Å². The van der Waals surface area contributed by atoms with E-state index in [-0.39, 0.29) is 0 Å². The monoisotopic (exact) mass is 212 g/mol. The standard InChI is InChI=1S/C10H20N4O/c1-5-8(11-3)7-9-12-10(13-15-9)14(4)6-2/h8,11H,5-7H2,1-4H3. The van der Waals surface area contributed by atoms with E-state index in [1.807, 2.05) is 19.0 Å². The van der Waals surface area contributed by atoms with E-state index in [1.165, 1.54) is 0 Å². The molecule has 0 spiro atoms. The number of nitrogens with zero attached hydrogens (tertiary/aromatic N) is 3. The van der Waals surface area contributed by atoms with Crippen LogP contribution in [0, 0.1) is 0 Å². The largest absolute Gasteiger partial charge is 0.342 e. The molecule has 1 unspecified atom stereocenters. The first kappa shape index (κ1) is 12.0. The lowest BCUT2D eigenvalue weighted by atomic mass is 10.1. The molecule has 1 N–H and O–H groups in total. The third kappa shape index (κ3) is 3.20. The highest BCUT2D eigenvalue weighted by molar-refractivity contribution is 5.25. The summed E-state index contributed by atoms with van der Waals surface area (Å²) >= 11 is 0. The van der Waals surface area contributed by atoms with Gasteiger partial charge in [0.05, 0.1) is 0 Å². The summed E-state index contributed by atoms with van der Waals surface area (Å²) < 4.78 is 5.18. The van der Waals surface area contributed by atoms with E-state index < -0.39 is 0 Å². The first-order valence-electron chi connectivity index (χ1n) is 5.42. The maximum atomic E-state index is 5.18. The van der Waals surface area contributed by atoms with Crippen molar-refractivity contribution in [2.45, 2.75) is 32.7 Å². The van der Waals surface area contributed by atoms with Crippen LogP contribution in [0.15, 0.2) is 4.52 Å². The Hall–Kier alpha value is -1.10. The summed E-state index contributed by atoms with van der Waals surface area (Å²) in [7, 11) is 3.90. The molecule has 0 fully saturated rings. The third-order valence-electron chi connectivity index (χ3n) is 2.60. The predicted molar refractivity (Wildman–Crippen MR) is 60.1 cm³/mol. The zero-order valence-electron chi connectivity index (χ0n) is 9.95. The molecule has 15 heavy (non-hydrogen) atoms. The predicted octanol–water partition coefficient (Wildman–Crippen LogP) is 1.07. The van der Waals surface area contributed by atoms with Crippen molar-refractivity contribution in [3.8, 4) is 0 Å². The van der Waals surface area contributed by atoms with Crippen LogP contribution in [0.5, 0.6) is 0 Å². The minimum atomic E-state index is 0.408. The molecule has 5 nitrogen and oxygen atoms in total. The molecule has 0 radical (unpaired) electrons. The van der Waals surface area contributed by atoms with Gasteiger partial charge in [-0.1, -0.05) is 6.92 Å². The molecule has 1 rings (SSSR count). The number of hydrogen-bond donors (Lipinski definition) is 1. The molecular weight excluding hydrogens is 192 g/mol. The summed E-state index contributed by atoms with van der Waals surface area (Å²) in [6.07, 6.45) is 1.84. The van der Waals surface area contributed by atoms with Crippen molar-refractivity contribution in [3.05, 3.63) is 5.89 Å². The van der Waals surface area contributed by atoms with Gasteiger partial charge in [-0.3, -0.25) is 0 Å². The van der Waals surface area contributed by atoms with Crippen molar-refractivity contribution in [1.82, 2.24) is 15.5 Å². The van der Waals surface area contributed by atoms with Gasteiger partial charge in [-0.05, 0) is 25.5 Å². The molecule has 5 heteroatoms. The van der Waals surface area contributed by atoms with Crippen molar-refractivity contribution in [2.24, 2.45) is 0 Å². The van der Waals surface area contributed by atoms with Crippen molar-refractivity contribution in [1.29, 1.82) is 0 Å². The van der Waals surface area contributed by atoms with Gasteiger partial charge < -0.3 is 14.7 Å². The SMILES string of the molecule is CCC(Cc1nc(N(C)CC)no1)NC. The lowest BCUT2D eigenvalue weighted by Gasteiger charge is -2.10. The van der Waals surface area contributed by atoms with Gasteiger partial charge >= 0.3 is 0 Å². The van der Waals surface area contributed by atoms with Gasteiger partial charge in [-0.25, -0.2) is 0 Å². The number of likely N-dealkylation sites (N-methyl/N-ethyl adjacent to an activating group) is 1. The second-order valence-corrected chi connectivity index (χ2v) is 3.60. The van der Waals surface area contributed by atoms with Crippen LogP contribution in [0.1, 0.15) is 26.2 Å². The summed E-state index contributed by atoms with van der Waals surface area (Å²) in [6.45, 7) is 5.07. The first-order chi connectivity index (χ1) is 7.21. The van der Waals surface area contributed by atoms with Gasteiger partial charge in [-0.15, -0.1) is 0 Å². The smallest absolute Gasteiger partial charge is 0.265 e. The second kappa shape index (κ2) is 5.70. The summed E-state index contributed by atoms with van der Waals surface area (Å²) in [5.74, 6) is 1.37. The van der Waals surface area contributed by atoms with Crippen molar-refractivity contribution < 1.29 is 4.52 Å². The van der Waals surface area contributed by atoms with Gasteiger partial charge in [0.25, 0.3) is 5.95 Å². The van der Waals surface area contributed by atoms with Crippen molar-refractivity contribution in [3.63, 3.8) is 0 Å². The molecule has 0 saturated carbocycles. The fourth-order valence-corrected chi connectivity index (χ4v) is 1.29. The van der Waals surface area contributed by atoms with E-state index in [4.69, 9.17) is 4.52 Å². The Morgan fingerprint density at radius 3 is 2.73 bits per heavy atom. The van der Waals surface area contributed by atoms with E-state index in [1.54, 1.807) is 0 Å². The minimum Gasteiger partial charge on any atom is -0.342 e. The van der Waals surface area contributed by atoms with E-state index in [2.05, 4.69) is 29.3 Å². The molecule has 0 aliphatic rings. The molecule has 1 aromatic heterocycles. The van der Waals surface area contributed by atoms with Crippen molar-refractivity contribution >= 4 is 5.95 Å². The quantitative estimate of drug-likeness (QED) is 0.764. The lowest BCUT2D eigenvalue weighted by molar-refractivity contribution is 0.358. The molecule has 1 aromatic rings. The second-order valence-electron chi connectivity index (χ2n) is 3.60. The number of anilines is 1. The maximum Gasteiger partial charge on any atom is 0.265 e. The number of hydrogen-bond acceptors (Lipinski definition) is 5. The van der Waals surface area contributed by atoms with Crippen molar-refractivity contribution in [2.75, 3.05) is 25.5 Å². The molecule has 0 saturated heterocycles. The van der Waals surface area contributed by atoms with Crippen LogP contribution < -0.4 is 10.2 Å². The summed E-state index contributed by atoms with van der Waals surface area (Å²) in [5, 5.41) is 7.13. The molecule has 0 aliphatic heterocycles. The number of nitrogens with one attached hydrogen (secondary N) is 1. The summed E-state index contributed by atoms with van der Waals surface area (Å²) in [4.78, 5) is 6.28. The van der Waals surface area contributed by atoms with Crippen LogP contribution >= 0.6 is 0 Å². The Morgan fingerprint density at radius 2 is 2.20 bits per heavy atom. The van der Waals surface area contributed by atoms with E-state index in [0.29, 0.717) is 17.9 Å². The van der Waals surface area contributed by atoms with Crippen LogP contribution in [-0.2, 0) is 6.42 Å². The van der Waals surface area contributed by atoms with E-state index in [0.717, 1.165) is 19.4 Å². The normalized spacial score (nSPS) is 12.8. The third-order valence-corrected chi connectivity index (χ3v) is 2.60. The summed E-state index contributed by atoms with van der Waals surface area (Å²) in [5.41, 5.74) is 0. The Labute approximate surface area is 90.8 Å².